The van der Waals surface area contributed by atoms with Gasteiger partial charge in [-0.3, -0.25) is 4.79 Å². The second kappa shape index (κ2) is 7.67. The van der Waals surface area contributed by atoms with Gasteiger partial charge in [0.15, 0.2) is 0 Å². The van der Waals surface area contributed by atoms with E-state index in [1.807, 2.05) is 52.0 Å². The van der Waals surface area contributed by atoms with E-state index in [9.17, 15) is 9.59 Å². The Hall–Kier alpha value is -2.04. The van der Waals surface area contributed by atoms with Gasteiger partial charge in [0.2, 0.25) is 0 Å². The van der Waals surface area contributed by atoms with Crippen molar-refractivity contribution < 1.29 is 14.7 Å². The first kappa shape index (κ1) is 17.0. The molecule has 1 aromatic rings. The Morgan fingerprint density at radius 2 is 1.76 bits per heavy atom. The van der Waals surface area contributed by atoms with Crippen LogP contribution in [0.5, 0.6) is 0 Å². The van der Waals surface area contributed by atoms with Gasteiger partial charge in [-0.1, -0.05) is 38.1 Å². The fourth-order valence-electron chi connectivity index (χ4n) is 2.20. The van der Waals surface area contributed by atoms with Crippen molar-refractivity contribution in [2.45, 2.75) is 46.2 Å². The minimum absolute atomic E-state index is 0.0561. The Kier molecular flexibility index (Phi) is 6.21. The maximum Gasteiger partial charge on any atom is 0.315 e. The maximum absolute atomic E-state index is 12.0. The molecule has 0 spiro atoms. The molecule has 2 atom stereocenters. The van der Waals surface area contributed by atoms with Gasteiger partial charge in [-0.25, -0.2) is 4.79 Å². The fraction of sp³-hybridized carbons (Fsp3) is 0.500. The van der Waals surface area contributed by atoms with Crippen LogP contribution in [0.2, 0.25) is 0 Å². The van der Waals surface area contributed by atoms with E-state index in [2.05, 4.69) is 10.6 Å². The second-order valence-electron chi connectivity index (χ2n) is 5.64. The Morgan fingerprint density at radius 3 is 2.29 bits per heavy atom. The van der Waals surface area contributed by atoms with Crippen molar-refractivity contribution in [2.75, 3.05) is 0 Å². The van der Waals surface area contributed by atoms with Crippen LogP contribution in [0, 0.1) is 12.8 Å². The Balaban J connectivity index is 2.64. The Morgan fingerprint density at radius 1 is 1.14 bits per heavy atom. The third-order valence-electron chi connectivity index (χ3n) is 3.52. The fourth-order valence-corrected chi connectivity index (χ4v) is 2.20. The maximum atomic E-state index is 12.0. The van der Waals surface area contributed by atoms with Gasteiger partial charge in [0.1, 0.15) is 0 Å². The number of hydrogen-bond donors (Lipinski definition) is 3. The van der Waals surface area contributed by atoms with Crippen LogP contribution in [0.4, 0.5) is 4.79 Å². The van der Waals surface area contributed by atoms with E-state index in [-0.39, 0.29) is 30.5 Å². The van der Waals surface area contributed by atoms with Gasteiger partial charge in [0.05, 0.1) is 12.5 Å². The SMILES string of the molecule is Cc1ccccc1C(C)NC(=O)NC(CC(=O)O)C(C)C. The van der Waals surface area contributed by atoms with E-state index in [1.54, 1.807) is 0 Å². The summed E-state index contributed by atoms with van der Waals surface area (Å²) in [7, 11) is 0. The average molecular weight is 292 g/mol. The van der Waals surface area contributed by atoms with Crippen molar-refractivity contribution in [1.29, 1.82) is 0 Å². The number of hydrogen-bond acceptors (Lipinski definition) is 2. The van der Waals surface area contributed by atoms with Crippen LogP contribution in [0.3, 0.4) is 0 Å². The Labute approximate surface area is 125 Å². The zero-order chi connectivity index (χ0) is 16.0. The molecule has 5 heteroatoms. The molecule has 1 aromatic carbocycles. The summed E-state index contributed by atoms with van der Waals surface area (Å²) in [5.41, 5.74) is 2.16. The Bertz CT molecular complexity index is 500. The van der Waals surface area contributed by atoms with E-state index in [0.717, 1.165) is 11.1 Å². The third kappa shape index (κ3) is 5.45. The second-order valence-corrected chi connectivity index (χ2v) is 5.64. The molecule has 3 N–H and O–H groups in total. The lowest BCUT2D eigenvalue weighted by Gasteiger charge is -2.23. The van der Waals surface area contributed by atoms with Crippen LogP contribution >= 0.6 is 0 Å². The summed E-state index contributed by atoms with van der Waals surface area (Å²) < 4.78 is 0. The first-order valence-corrected chi connectivity index (χ1v) is 7.15. The quantitative estimate of drug-likeness (QED) is 0.754. The zero-order valence-electron chi connectivity index (χ0n) is 13.0. The number of amides is 2. The highest BCUT2D eigenvalue weighted by Crippen LogP contribution is 2.16. The number of aliphatic carboxylic acids is 1. The monoisotopic (exact) mass is 292 g/mol. The molecule has 0 aliphatic rings. The summed E-state index contributed by atoms with van der Waals surface area (Å²) in [5, 5.41) is 14.5. The minimum atomic E-state index is -0.916. The molecule has 0 aromatic heterocycles. The number of urea groups is 1. The van der Waals surface area contributed by atoms with Gasteiger partial charge in [0, 0.05) is 6.04 Å². The predicted molar refractivity (Wildman–Crippen MR) is 82.1 cm³/mol. The standard InChI is InChI=1S/C16H24N2O3/c1-10(2)14(9-15(19)20)18-16(21)17-12(4)13-8-6-5-7-11(13)3/h5-8,10,12,14H,9H2,1-4H3,(H,19,20)(H2,17,18,21). The first-order chi connectivity index (χ1) is 9.81. The van der Waals surface area contributed by atoms with Crippen LogP contribution in [0.25, 0.3) is 0 Å². The smallest absolute Gasteiger partial charge is 0.315 e. The lowest BCUT2D eigenvalue weighted by molar-refractivity contribution is -0.137. The van der Waals surface area contributed by atoms with E-state index in [1.165, 1.54) is 0 Å². The molecule has 0 fully saturated rings. The van der Waals surface area contributed by atoms with Gasteiger partial charge in [-0.05, 0) is 30.9 Å². The summed E-state index contributed by atoms with van der Waals surface area (Å²) >= 11 is 0. The normalized spacial score (nSPS) is 13.6. The predicted octanol–water partition coefficient (Wildman–Crippen LogP) is 2.85. The highest BCUT2D eigenvalue weighted by Gasteiger charge is 2.20. The number of benzene rings is 1. The number of nitrogens with one attached hydrogen (secondary N) is 2. The number of carbonyl (C=O) groups excluding carboxylic acids is 1. The van der Waals surface area contributed by atoms with E-state index in [4.69, 9.17) is 5.11 Å². The lowest BCUT2D eigenvalue weighted by Crippen LogP contribution is -2.46. The highest BCUT2D eigenvalue weighted by atomic mass is 16.4. The highest BCUT2D eigenvalue weighted by molar-refractivity contribution is 5.76. The van der Waals surface area contributed by atoms with Gasteiger partial charge >= 0.3 is 12.0 Å². The molecular formula is C16H24N2O3. The molecule has 1 rings (SSSR count). The first-order valence-electron chi connectivity index (χ1n) is 7.15. The molecule has 0 bridgehead atoms. The van der Waals surface area contributed by atoms with E-state index >= 15 is 0 Å². The van der Waals surface area contributed by atoms with Crippen molar-refractivity contribution >= 4 is 12.0 Å². The molecule has 0 saturated carbocycles. The minimum Gasteiger partial charge on any atom is -0.481 e. The van der Waals surface area contributed by atoms with Crippen molar-refractivity contribution in [3.63, 3.8) is 0 Å². The van der Waals surface area contributed by atoms with Crippen LogP contribution in [0.15, 0.2) is 24.3 Å². The van der Waals surface area contributed by atoms with Gasteiger partial charge < -0.3 is 15.7 Å². The molecule has 116 valence electrons. The number of rotatable bonds is 6. The summed E-state index contributed by atoms with van der Waals surface area (Å²) in [4.78, 5) is 22.8. The number of carbonyl (C=O) groups is 2. The van der Waals surface area contributed by atoms with Crippen molar-refractivity contribution in [1.82, 2.24) is 10.6 Å². The van der Waals surface area contributed by atoms with E-state index in [0.29, 0.717) is 0 Å². The molecule has 0 saturated heterocycles. The molecule has 21 heavy (non-hydrogen) atoms. The topological polar surface area (TPSA) is 78.4 Å². The third-order valence-corrected chi connectivity index (χ3v) is 3.52. The van der Waals surface area contributed by atoms with Crippen molar-refractivity contribution in [3.8, 4) is 0 Å². The summed E-state index contributed by atoms with van der Waals surface area (Å²) in [6.07, 6.45) is -0.0795. The largest absolute Gasteiger partial charge is 0.481 e. The molecule has 2 amide bonds. The van der Waals surface area contributed by atoms with Crippen LogP contribution in [-0.4, -0.2) is 23.1 Å². The summed E-state index contributed by atoms with van der Waals surface area (Å²) in [5.74, 6) is -0.860. The molecule has 2 unspecified atom stereocenters. The van der Waals surface area contributed by atoms with Crippen LogP contribution in [-0.2, 0) is 4.79 Å². The van der Waals surface area contributed by atoms with Gasteiger partial charge in [-0.2, -0.15) is 0 Å². The molecule has 5 nitrogen and oxygen atoms in total. The zero-order valence-corrected chi connectivity index (χ0v) is 13.0. The number of carboxylic acids is 1. The number of aryl methyl sites for hydroxylation is 1. The van der Waals surface area contributed by atoms with Gasteiger partial charge in [-0.15, -0.1) is 0 Å². The van der Waals surface area contributed by atoms with Crippen molar-refractivity contribution in [3.05, 3.63) is 35.4 Å². The van der Waals surface area contributed by atoms with Gasteiger partial charge in [0.25, 0.3) is 0 Å². The number of carboxylic acid groups (broad SMARTS) is 1. The molecule has 0 heterocycles. The summed E-state index contributed by atoms with van der Waals surface area (Å²) in [6, 6.07) is 6.98. The molecule has 0 radical (unpaired) electrons. The molecule has 0 aliphatic heterocycles. The van der Waals surface area contributed by atoms with Crippen LogP contribution in [0.1, 0.15) is 44.4 Å². The van der Waals surface area contributed by atoms with E-state index < -0.39 is 5.97 Å². The van der Waals surface area contributed by atoms with Crippen molar-refractivity contribution in [2.24, 2.45) is 5.92 Å². The molecule has 0 aliphatic carbocycles. The average Bonchev–Trinajstić information content (AvgIpc) is 2.37. The van der Waals surface area contributed by atoms with Crippen LogP contribution < -0.4 is 10.6 Å². The lowest BCUT2D eigenvalue weighted by atomic mass is 10.0. The summed E-state index contributed by atoms with van der Waals surface area (Å²) in [6.45, 7) is 7.67. The molecular weight excluding hydrogens is 268 g/mol.